The SMILES string of the molecule is CN(C)CCCNC(=O)c1ccc(-n2ccnc2)c([N+](=O)[O-])c1. The summed E-state index contributed by atoms with van der Waals surface area (Å²) in [5.41, 5.74) is 0.506. The van der Waals surface area contributed by atoms with Crippen molar-refractivity contribution in [2.45, 2.75) is 6.42 Å². The molecule has 0 saturated heterocycles. The molecular weight excluding hydrogens is 298 g/mol. The lowest BCUT2D eigenvalue weighted by molar-refractivity contribution is -0.384. The number of hydrogen-bond donors (Lipinski definition) is 1. The summed E-state index contributed by atoms with van der Waals surface area (Å²) in [4.78, 5) is 28.8. The molecule has 2 aromatic rings. The average molecular weight is 317 g/mol. The van der Waals surface area contributed by atoms with Gasteiger partial charge in [0.25, 0.3) is 11.6 Å². The van der Waals surface area contributed by atoms with Crippen LogP contribution in [0.4, 0.5) is 5.69 Å². The standard InChI is InChI=1S/C15H19N5O3/c1-18(2)8-3-6-17-15(21)12-4-5-13(14(10-12)20(22)23)19-9-7-16-11-19/h4-5,7,9-11H,3,6,8H2,1-2H3,(H,17,21). The molecule has 0 fully saturated rings. The molecule has 0 radical (unpaired) electrons. The monoisotopic (exact) mass is 317 g/mol. The Labute approximate surface area is 133 Å². The summed E-state index contributed by atoms with van der Waals surface area (Å²) >= 11 is 0. The van der Waals surface area contributed by atoms with Crippen LogP contribution in [-0.2, 0) is 0 Å². The minimum Gasteiger partial charge on any atom is -0.352 e. The first-order valence-electron chi connectivity index (χ1n) is 7.18. The molecule has 1 aromatic heterocycles. The van der Waals surface area contributed by atoms with Gasteiger partial charge in [-0.05, 0) is 39.2 Å². The number of carbonyl (C=O) groups is 1. The molecule has 0 bridgehead atoms. The molecule has 0 atom stereocenters. The van der Waals surface area contributed by atoms with Crippen LogP contribution in [-0.4, -0.2) is 52.5 Å². The second kappa shape index (κ2) is 7.50. The number of nitrogens with one attached hydrogen (secondary N) is 1. The van der Waals surface area contributed by atoms with E-state index in [1.165, 1.54) is 23.2 Å². The summed E-state index contributed by atoms with van der Waals surface area (Å²) in [6, 6.07) is 4.41. The van der Waals surface area contributed by atoms with Crippen molar-refractivity contribution < 1.29 is 9.72 Å². The summed E-state index contributed by atoms with van der Waals surface area (Å²) in [5, 5.41) is 14.0. The van der Waals surface area contributed by atoms with E-state index in [1.807, 2.05) is 19.0 Å². The zero-order valence-electron chi connectivity index (χ0n) is 13.1. The normalized spacial score (nSPS) is 10.7. The van der Waals surface area contributed by atoms with E-state index in [2.05, 4.69) is 10.3 Å². The summed E-state index contributed by atoms with van der Waals surface area (Å²) in [6.45, 7) is 1.38. The van der Waals surface area contributed by atoms with Crippen molar-refractivity contribution in [2.24, 2.45) is 0 Å². The van der Waals surface area contributed by atoms with Crippen LogP contribution in [0.1, 0.15) is 16.8 Å². The second-order valence-electron chi connectivity index (χ2n) is 5.34. The van der Waals surface area contributed by atoms with Gasteiger partial charge in [0.2, 0.25) is 0 Å². The van der Waals surface area contributed by atoms with Crippen LogP contribution in [0.2, 0.25) is 0 Å². The molecule has 0 aliphatic carbocycles. The summed E-state index contributed by atoms with van der Waals surface area (Å²) in [7, 11) is 3.92. The van der Waals surface area contributed by atoms with Crippen LogP contribution >= 0.6 is 0 Å². The van der Waals surface area contributed by atoms with Crippen molar-refractivity contribution in [1.29, 1.82) is 0 Å². The number of carbonyl (C=O) groups excluding carboxylic acids is 1. The Hall–Kier alpha value is -2.74. The molecule has 1 aromatic carbocycles. The molecule has 1 amide bonds. The van der Waals surface area contributed by atoms with E-state index < -0.39 is 4.92 Å². The lowest BCUT2D eigenvalue weighted by Gasteiger charge is -2.10. The quantitative estimate of drug-likeness (QED) is 0.474. The summed E-state index contributed by atoms with van der Waals surface area (Å²) in [6.07, 6.45) is 5.44. The fourth-order valence-electron chi connectivity index (χ4n) is 2.13. The van der Waals surface area contributed by atoms with Crippen molar-refractivity contribution in [3.05, 3.63) is 52.6 Å². The van der Waals surface area contributed by atoms with E-state index in [1.54, 1.807) is 18.3 Å². The summed E-state index contributed by atoms with van der Waals surface area (Å²) < 4.78 is 1.54. The van der Waals surface area contributed by atoms with Gasteiger partial charge in [0.05, 0.1) is 11.3 Å². The second-order valence-corrected chi connectivity index (χ2v) is 5.34. The van der Waals surface area contributed by atoms with Crippen LogP contribution in [0.5, 0.6) is 0 Å². The van der Waals surface area contributed by atoms with Gasteiger partial charge in [-0.2, -0.15) is 0 Å². The Kier molecular flexibility index (Phi) is 5.42. The summed E-state index contributed by atoms with van der Waals surface area (Å²) in [5.74, 6) is -0.316. The van der Waals surface area contributed by atoms with Crippen molar-refractivity contribution in [1.82, 2.24) is 19.8 Å². The smallest absolute Gasteiger partial charge is 0.294 e. The van der Waals surface area contributed by atoms with Gasteiger partial charge in [-0.1, -0.05) is 0 Å². The number of benzene rings is 1. The maximum Gasteiger partial charge on any atom is 0.294 e. The highest BCUT2D eigenvalue weighted by atomic mass is 16.6. The van der Waals surface area contributed by atoms with Crippen LogP contribution in [0.15, 0.2) is 36.9 Å². The number of amides is 1. The third-order valence-electron chi connectivity index (χ3n) is 3.28. The maximum absolute atomic E-state index is 12.1. The van der Waals surface area contributed by atoms with Crippen molar-refractivity contribution in [3.63, 3.8) is 0 Å². The molecule has 0 unspecified atom stereocenters. The first-order chi connectivity index (χ1) is 11.0. The number of nitro benzene ring substituents is 1. The molecule has 0 aliphatic rings. The predicted molar refractivity (Wildman–Crippen MR) is 85.7 cm³/mol. The number of nitrogens with zero attached hydrogens (tertiary/aromatic N) is 4. The minimum atomic E-state index is -0.502. The molecule has 23 heavy (non-hydrogen) atoms. The van der Waals surface area contributed by atoms with Gasteiger partial charge in [0.1, 0.15) is 5.69 Å². The van der Waals surface area contributed by atoms with Crippen molar-refractivity contribution >= 4 is 11.6 Å². The van der Waals surface area contributed by atoms with E-state index in [9.17, 15) is 14.9 Å². The molecule has 0 spiro atoms. The Bertz CT molecular complexity index is 682. The van der Waals surface area contributed by atoms with Crippen LogP contribution in [0.3, 0.4) is 0 Å². The molecule has 1 heterocycles. The number of rotatable bonds is 7. The maximum atomic E-state index is 12.1. The van der Waals surface area contributed by atoms with Gasteiger partial charge < -0.3 is 14.8 Å². The highest BCUT2D eigenvalue weighted by Gasteiger charge is 2.18. The lowest BCUT2D eigenvalue weighted by Crippen LogP contribution is -2.27. The van der Waals surface area contributed by atoms with Crippen LogP contribution in [0, 0.1) is 10.1 Å². The number of hydrogen-bond acceptors (Lipinski definition) is 5. The number of nitro groups is 1. The van der Waals surface area contributed by atoms with Gasteiger partial charge in [-0.3, -0.25) is 14.9 Å². The van der Waals surface area contributed by atoms with E-state index in [-0.39, 0.29) is 17.2 Å². The first-order valence-corrected chi connectivity index (χ1v) is 7.18. The van der Waals surface area contributed by atoms with Gasteiger partial charge in [-0.25, -0.2) is 4.98 Å². The number of imidazole rings is 1. The van der Waals surface area contributed by atoms with Gasteiger partial charge in [0.15, 0.2) is 0 Å². The van der Waals surface area contributed by atoms with E-state index >= 15 is 0 Å². The van der Waals surface area contributed by atoms with E-state index in [4.69, 9.17) is 0 Å². The third kappa shape index (κ3) is 4.36. The van der Waals surface area contributed by atoms with Crippen LogP contribution in [0.25, 0.3) is 5.69 Å². The Morgan fingerprint density at radius 1 is 1.43 bits per heavy atom. The highest BCUT2D eigenvalue weighted by Crippen LogP contribution is 2.24. The van der Waals surface area contributed by atoms with E-state index in [0.717, 1.165) is 13.0 Å². The fourth-order valence-corrected chi connectivity index (χ4v) is 2.13. The third-order valence-corrected chi connectivity index (χ3v) is 3.28. The predicted octanol–water partition coefficient (Wildman–Crippen LogP) is 1.46. The zero-order valence-corrected chi connectivity index (χ0v) is 13.1. The van der Waals surface area contributed by atoms with E-state index in [0.29, 0.717) is 12.2 Å². The molecule has 2 rings (SSSR count). The largest absolute Gasteiger partial charge is 0.352 e. The molecule has 8 nitrogen and oxygen atoms in total. The lowest BCUT2D eigenvalue weighted by atomic mass is 10.1. The Morgan fingerprint density at radius 3 is 2.83 bits per heavy atom. The Morgan fingerprint density at radius 2 is 2.22 bits per heavy atom. The highest BCUT2D eigenvalue weighted by molar-refractivity contribution is 5.95. The van der Waals surface area contributed by atoms with Crippen molar-refractivity contribution in [3.8, 4) is 5.69 Å². The van der Waals surface area contributed by atoms with Gasteiger partial charge in [-0.15, -0.1) is 0 Å². The average Bonchev–Trinajstić information content (AvgIpc) is 3.04. The first kappa shape index (κ1) is 16.6. The van der Waals surface area contributed by atoms with Gasteiger partial charge >= 0.3 is 0 Å². The van der Waals surface area contributed by atoms with Gasteiger partial charge in [0, 0.05) is 30.6 Å². The molecule has 1 N–H and O–H groups in total. The van der Waals surface area contributed by atoms with Crippen LogP contribution < -0.4 is 5.32 Å². The molecular formula is C15H19N5O3. The zero-order chi connectivity index (χ0) is 16.8. The Balaban J connectivity index is 2.13. The fraction of sp³-hybridized carbons (Fsp3) is 0.333. The molecule has 0 saturated carbocycles. The number of aromatic nitrogens is 2. The molecule has 8 heteroatoms. The minimum absolute atomic E-state index is 0.135. The topological polar surface area (TPSA) is 93.3 Å². The molecule has 122 valence electrons. The molecule has 0 aliphatic heterocycles. The van der Waals surface area contributed by atoms with Crippen molar-refractivity contribution in [2.75, 3.05) is 27.2 Å².